The van der Waals surface area contributed by atoms with E-state index in [0.29, 0.717) is 6.04 Å². The molecule has 0 aromatic heterocycles. The van der Waals surface area contributed by atoms with Crippen LogP contribution in [0.5, 0.6) is 0 Å². The number of rotatable bonds is 9. The van der Waals surface area contributed by atoms with Gasteiger partial charge >= 0.3 is 0 Å². The van der Waals surface area contributed by atoms with E-state index in [1.54, 1.807) is 0 Å². The number of likely N-dealkylation sites (N-methyl/N-ethyl adjacent to an activating group) is 1. The molecule has 0 rings (SSSR count). The van der Waals surface area contributed by atoms with Crippen molar-refractivity contribution in [2.45, 2.75) is 52.7 Å². The zero-order valence-electron chi connectivity index (χ0n) is 11.7. The van der Waals surface area contributed by atoms with Crippen LogP contribution in [0.1, 0.15) is 40.5 Å². The molecule has 2 unspecified atom stereocenters. The SMILES string of the molecule is CCN(CC)CCCC(C)N(C)CC(C)O. The van der Waals surface area contributed by atoms with Crippen LogP contribution >= 0.6 is 0 Å². The topological polar surface area (TPSA) is 26.7 Å². The highest BCUT2D eigenvalue weighted by atomic mass is 16.3. The lowest BCUT2D eigenvalue weighted by atomic mass is 10.1. The number of aliphatic hydroxyl groups is 1. The molecule has 0 spiro atoms. The fourth-order valence-corrected chi connectivity index (χ4v) is 1.97. The summed E-state index contributed by atoms with van der Waals surface area (Å²) in [5.74, 6) is 0. The molecule has 3 nitrogen and oxygen atoms in total. The van der Waals surface area contributed by atoms with E-state index in [-0.39, 0.29) is 6.10 Å². The number of aliphatic hydroxyl groups excluding tert-OH is 1. The predicted octanol–water partition coefficient (Wildman–Crippen LogP) is 1.81. The fraction of sp³-hybridized carbons (Fsp3) is 1.00. The van der Waals surface area contributed by atoms with Crippen molar-refractivity contribution in [1.82, 2.24) is 9.80 Å². The van der Waals surface area contributed by atoms with E-state index in [1.807, 2.05) is 6.92 Å². The van der Waals surface area contributed by atoms with Gasteiger partial charge in [-0.2, -0.15) is 0 Å². The van der Waals surface area contributed by atoms with Gasteiger partial charge < -0.3 is 14.9 Å². The Morgan fingerprint density at radius 3 is 2.12 bits per heavy atom. The first-order valence-electron chi connectivity index (χ1n) is 6.61. The van der Waals surface area contributed by atoms with Gasteiger partial charge in [0.2, 0.25) is 0 Å². The molecule has 0 saturated heterocycles. The number of nitrogens with zero attached hydrogens (tertiary/aromatic N) is 2. The summed E-state index contributed by atoms with van der Waals surface area (Å²) in [5, 5.41) is 9.31. The Kier molecular flexibility index (Phi) is 8.90. The standard InChI is InChI=1S/C13H30N2O/c1-6-15(7-2)10-8-9-12(3)14(5)11-13(4)16/h12-13,16H,6-11H2,1-5H3. The molecule has 0 aliphatic heterocycles. The molecule has 0 aliphatic carbocycles. The molecule has 0 heterocycles. The van der Waals surface area contributed by atoms with Gasteiger partial charge in [-0.25, -0.2) is 0 Å². The number of hydrogen-bond donors (Lipinski definition) is 1. The molecule has 0 bridgehead atoms. The van der Waals surface area contributed by atoms with Gasteiger partial charge in [-0.15, -0.1) is 0 Å². The van der Waals surface area contributed by atoms with Crippen molar-refractivity contribution in [3.63, 3.8) is 0 Å². The van der Waals surface area contributed by atoms with E-state index in [9.17, 15) is 5.11 Å². The molecule has 16 heavy (non-hydrogen) atoms. The molecule has 0 aromatic carbocycles. The summed E-state index contributed by atoms with van der Waals surface area (Å²) in [6, 6.07) is 0.560. The maximum absolute atomic E-state index is 9.31. The highest BCUT2D eigenvalue weighted by Gasteiger charge is 2.11. The van der Waals surface area contributed by atoms with Crippen LogP contribution in [0.4, 0.5) is 0 Å². The van der Waals surface area contributed by atoms with E-state index in [1.165, 1.54) is 19.4 Å². The summed E-state index contributed by atoms with van der Waals surface area (Å²) >= 11 is 0. The normalized spacial score (nSPS) is 15.8. The average molecular weight is 230 g/mol. The van der Waals surface area contributed by atoms with E-state index in [0.717, 1.165) is 19.6 Å². The smallest absolute Gasteiger partial charge is 0.0639 e. The predicted molar refractivity (Wildman–Crippen MR) is 70.8 cm³/mol. The molecule has 0 amide bonds. The van der Waals surface area contributed by atoms with E-state index in [4.69, 9.17) is 0 Å². The van der Waals surface area contributed by atoms with Crippen molar-refractivity contribution in [3.8, 4) is 0 Å². The Morgan fingerprint density at radius 2 is 1.69 bits per heavy atom. The minimum absolute atomic E-state index is 0.227. The molecule has 0 saturated carbocycles. The molecular weight excluding hydrogens is 200 g/mol. The second-order valence-corrected chi connectivity index (χ2v) is 4.81. The highest BCUT2D eigenvalue weighted by Crippen LogP contribution is 2.06. The van der Waals surface area contributed by atoms with Gasteiger partial charge in [0.25, 0.3) is 0 Å². The van der Waals surface area contributed by atoms with Crippen molar-refractivity contribution in [2.75, 3.05) is 33.2 Å². The monoisotopic (exact) mass is 230 g/mol. The largest absolute Gasteiger partial charge is 0.392 e. The maximum Gasteiger partial charge on any atom is 0.0639 e. The summed E-state index contributed by atoms with van der Waals surface area (Å²) in [6.45, 7) is 12.8. The second-order valence-electron chi connectivity index (χ2n) is 4.81. The van der Waals surface area contributed by atoms with E-state index < -0.39 is 0 Å². The van der Waals surface area contributed by atoms with E-state index >= 15 is 0 Å². The molecule has 0 aliphatic rings. The van der Waals surface area contributed by atoms with Crippen LogP contribution in [-0.2, 0) is 0 Å². The highest BCUT2D eigenvalue weighted by molar-refractivity contribution is 4.66. The third-order valence-electron chi connectivity index (χ3n) is 3.30. The third-order valence-corrected chi connectivity index (χ3v) is 3.30. The van der Waals surface area contributed by atoms with Crippen molar-refractivity contribution < 1.29 is 5.11 Å². The first kappa shape index (κ1) is 15.9. The lowest BCUT2D eigenvalue weighted by molar-refractivity contribution is 0.117. The summed E-state index contributed by atoms with van der Waals surface area (Å²) < 4.78 is 0. The summed E-state index contributed by atoms with van der Waals surface area (Å²) in [4.78, 5) is 4.70. The molecule has 0 aromatic rings. The zero-order chi connectivity index (χ0) is 12.6. The van der Waals surface area contributed by atoms with Crippen LogP contribution in [0.2, 0.25) is 0 Å². The fourth-order valence-electron chi connectivity index (χ4n) is 1.97. The minimum Gasteiger partial charge on any atom is -0.392 e. The number of hydrogen-bond acceptors (Lipinski definition) is 3. The maximum atomic E-state index is 9.31. The van der Waals surface area contributed by atoms with Crippen molar-refractivity contribution >= 4 is 0 Å². The Bertz CT molecular complexity index is 158. The Labute approximate surface area is 101 Å². The molecule has 98 valence electrons. The molecule has 0 radical (unpaired) electrons. The Morgan fingerprint density at radius 1 is 1.12 bits per heavy atom. The lowest BCUT2D eigenvalue weighted by Gasteiger charge is -2.27. The molecule has 2 atom stereocenters. The quantitative estimate of drug-likeness (QED) is 0.654. The van der Waals surface area contributed by atoms with Crippen LogP contribution in [-0.4, -0.2) is 60.3 Å². The van der Waals surface area contributed by atoms with Crippen LogP contribution in [0.25, 0.3) is 0 Å². The summed E-state index contributed by atoms with van der Waals surface area (Å²) in [5.41, 5.74) is 0. The van der Waals surface area contributed by atoms with Gasteiger partial charge in [-0.1, -0.05) is 13.8 Å². The second kappa shape index (κ2) is 8.97. The van der Waals surface area contributed by atoms with Crippen LogP contribution in [0, 0.1) is 0 Å². The molecule has 0 fully saturated rings. The Hall–Kier alpha value is -0.120. The van der Waals surface area contributed by atoms with Crippen LogP contribution in [0.3, 0.4) is 0 Å². The van der Waals surface area contributed by atoms with Crippen molar-refractivity contribution in [1.29, 1.82) is 0 Å². The van der Waals surface area contributed by atoms with Crippen LogP contribution < -0.4 is 0 Å². The van der Waals surface area contributed by atoms with Gasteiger partial charge in [0.15, 0.2) is 0 Å². The Balaban J connectivity index is 3.67. The van der Waals surface area contributed by atoms with Gasteiger partial charge in [0.05, 0.1) is 6.10 Å². The zero-order valence-corrected chi connectivity index (χ0v) is 11.7. The molecule has 1 N–H and O–H groups in total. The van der Waals surface area contributed by atoms with Gasteiger partial charge in [-0.3, -0.25) is 0 Å². The van der Waals surface area contributed by atoms with E-state index in [2.05, 4.69) is 37.6 Å². The van der Waals surface area contributed by atoms with Gasteiger partial charge in [0.1, 0.15) is 0 Å². The minimum atomic E-state index is -0.227. The molecule has 3 heteroatoms. The average Bonchev–Trinajstić information content (AvgIpc) is 2.23. The molecular formula is C13H30N2O. The first-order valence-corrected chi connectivity index (χ1v) is 6.61. The summed E-state index contributed by atoms with van der Waals surface area (Å²) in [6.07, 6.45) is 2.22. The van der Waals surface area contributed by atoms with Gasteiger partial charge in [-0.05, 0) is 53.4 Å². The summed E-state index contributed by atoms with van der Waals surface area (Å²) in [7, 11) is 2.09. The van der Waals surface area contributed by atoms with Crippen molar-refractivity contribution in [3.05, 3.63) is 0 Å². The third kappa shape index (κ3) is 7.20. The first-order chi connectivity index (χ1) is 7.51. The van der Waals surface area contributed by atoms with Crippen molar-refractivity contribution in [2.24, 2.45) is 0 Å². The van der Waals surface area contributed by atoms with Crippen LogP contribution in [0.15, 0.2) is 0 Å². The van der Waals surface area contributed by atoms with Gasteiger partial charge in [0, 0.05) is 12.6 Å². The lowest BCUT2D eigenvalue weighted by Crippen LogP contribution is -2.35.